The molecule has 2 rings (SSSR count). The summed E-state index contributed by atoms with van der Waals surface area (Å²) in [5, 5.41) is 0.0997. The van der Waals surface area contributed by atoms with Crippen LogP contribution in [0.1, 0.15) is 5.56 Å². The van der Waals surface area contributed by atoms with Gasteiger partial charge in [0.15, 0.2) is 0 Å². The van der Waals surface area contributed by atoms with Crippen molar-refractivity contribution in [3.8, 4) is 5.75 Å². The lowest BCUT2D eigenvalue weighted by Crippen LogP contribution is -2.26. The van der Waals surface area contributed by atoms with E-state index in [2.05, 4.69) is 0 Å². The van der Waals surface area contributed by atoms with Crippen molar-refractivity contribution in [2.24, 2.45) is 0 Å². The molecule has 0 radical (unpaired) electrons. The molecule has 0 bridgehead atoms. The summed E-state index contributed by atoms with van der Waals surface area (Å²) < 4.78 is 5.13. The van der Waals surface area contributed by atoms with Crippen LogP contribution >= 0.6 is 11.8 Å². The van der Waals surface area contributed by atoms with Crippen LogP contribution in [-0.4, -0.2) is 19.4 Å². The topological polar surface area (TPSA) is 29.5 Å². The number of rotatable bonds is 1. The first-order chi connectivity index (χ1) is 6.72. The molecule has 0 unspecified atom stereocenters. The molecular weight excluding hydrogens is 198 g/mol. The summed E-state index contributed by atoms with van der Waals surface area (Å²) in [6.45, 7) is 0. The van der Waals surface area contributed by atoms with Crippen LogP contribution in [0.5, 0.6) is 5.75 Å². The number of carbonyl (C=O) groups excluding carboxylic acids is 1. The van der Waals surface area contributed by atoms with Crippen molar-refractivity contribution in [3.05, 3.63) is 23.8 Å². The fourth-order valence-electron chi connectivity index (χ4n) is 1.47. The number of carbonyl (C=O) groups is 1. The second-order valence-corrected chi connectivity index (χ2v) is 4.03. The molecule has 0 atom stereocenters. The largest absolute Gasteiger partial charge is 0.497 e. The van der Waals surface area contributed by atoms with E-state index < -0.39 is 0 Å². The number of methoxy groups -OCH3 is 1. The average molecular weight is 209 g/mol. The van der Waals surface area contributed by atoms with Gasteiger partial charge in [0.05, 0.1) is 7.11 Å². The van der Waals surface area contributed by atoms with E-state index in [-0.39, 0.29) is 5.24 Å². The van der Waals surface area contributed by atoms with Crippen molar-refractivity contribution in [2.45, 2.75) is 5.75 Å². The van der Waals surface area contributed by atoms with Gasteiger partial charge in [-0.05, 0) is 23.8 Å². The summed E-state index contributed by atoms with van der Waals surface area (Å²) in [5.41, 5.74) is 2.13. The third kappa shape index (κ3) is 1.46. The van der Waals surface area contributed by atoms with Gasteiger partial charge in [0.2, 0.25) is 0 Å². The molecule has 0 N–H and O–H groups in total. The third-order valence-corrected chi connectivity index (χ3v) is 3.25. The highest BCUT2D eigenvalue weighted by atomic mass is 32.2. The van der Waals surface area contributed by atoms with E-state index in [9.17, 15) is 4.79 Å². The number of hydrogen-bond donors (Lipinski definition) is 0. The fraction of sp³-hybridized carbons (Fsp3) is 0.300. The Morgan fingerprint density at radius 3 is 3.00 bits per heavy atom. The molecular formula is C10H11NO2S. The van der Waals surface area contributed by atoms with Gasteiger partial charge in [-0.2, -0.15) is 0 Å². The Hall–Kier alpha value is -1.16. The number of ether oxygens (including phenoxy) is 1. The molecule has 0 saturated heterocycles. The molecule has 0 aliphatic carbocycles. The predicted molar refractivity (Wildman–Crippen MR) is 58.1 cm³/mol. The fourth-order valence-corrected chi connectivity index (χ4v) is 2.27. The number of hydrogen-bond acceptors (Lipinski definition) is 3. The maximum atomic E-state index is 11.4. The van der Waals surface area contributed by atoms with E-state index in [1.807, 2.05) is 18.2 Å². The summed E-state index contributed by atoms with van der Waals surface area (Å²) in [6, 6.07) is 5.77. The maximum Gasteiger partial charge on any atom is 0.286 e. The van der Waals surface area contributed by atoms with Gasteiger partial charge in [-0.15, -0.1) is 0 Å². The van der Waals surface area contributed by atoms with Crippen molar-refractivity contribution < 1.29 is 9.53 Å². The minimum absolute atomic E-state index is 0.0997. The van der Waals surface area contributed by atoms with E-state index in [1.165, 1.54) is 11.8 Å². The summed E-state index contributed by atoms with van der Waals surface area (Å²) in [4.78, 5) is 13.0. The third-order valence-electron chi connectivity index (χ3n) is 2.27. The van der Waals surface area contributed by atoms with Crippen molar-refractivity contribution in [1.29, 1.82) is 0 Å². The summed E-state index contributed by atoms with van der Waals surface area (Å²) in [7, 11) is 3.44. The molecule has 1 aromatic carbocycles. The number of fused-ring (bicyclic) bond motifs is 1. The SMILES string of the molecule is COc1ccc2c(c1)CSC(=O)N2C. The van der Waals surface area contributed by atoms with Crippen LogP contribution in [0.15, 0.2) is 18.2 Å². The van der Waals surface area contributed by atoms with E-state index in [0.29, 0.717) is 0 Å². The summed E-state index contributed by atoms with van der Waals surface area (Å²) in [6.07, 6.45) is 0. The van der Waals surface area contributed by atoms with Gasteiger partial charge in [-0.1, -0.05) is 11.8 Å². The Morgan fingerprint density at radius 2 is 2.29 bits per heavy atom. The van der Waals surface area contributed by atoms with Crippen molar-refractivity contribution in [1.82, 2.24) is 0 Å². The van der Waals surface area contributed by atoms with Crippen molar-refractivity contribution in [2.75, 3.05) is 19.1 Å². The molecule has 1 aromatic rings. The molecule has 1 aliphatic rings. The Bertz CT molecular complexity index is 378. The molecule has 14 heavy (non-hydrogen) atoms. The van der Waals surface area contributed by atoms with Crippen LogP contribution < -0.4 is 9.64 Å². The highest BCUT2D eigenvalue weighted by molar-refractivity contribution is 8.13. The number of thioether (sulfide) groups is 1. The zero-order valence-corrected chi connectivity index (χ0v) is 8.93. The first-order valence-corrected chi connectivity index (χ1v) is 5.28. The Labute approximate surface area is 87.0 Å². The zero-order valence-electron chi connectivity index (χ0n) is 8.11. The van der Waals surface area contributed by atoms with Gasteiger partial charge in [0, 0.05) is 18.5 Å². The van der Waals surface area contributed by atoms with E-state index in [1.54, 1.807) is 19.1 Å². The van der Waals surface area contributed by atoms with Gasteiger partial charge in [-0.3, -0.25) is 4.79 Å². The molecule has 1 heterocycles. The quantitative estimate of drug-likeness (QED) is 0.711. The molecule has 0 saturated carbocycles. The standard InChI is InChI=1S/C10H11NO2S/c1-11-9-4-3-8(13-2)5-7(9)6-14-10(11)12/h3-5H,6H2,1-2H3. The molecule has 74 valence electrons. The van der Waals surface area contributed by atoms with Crippen LogP contribution in [0.2, 0.25) is 0 Å². The first-order valence-electron chi connectivity index (χ1n) is 4.30. The molecule has 1 amide bonds. The number of nitrogens with zero attached hydrogens (tertiary/aromatic N) is 1. The lowest BCUT2D eigenvalue weighted by molar-refractivity contribution is 0.266. The average Bonchev–Trinajstić information content (AvgIpc) is 2.23. The van der Waals surface area contributed by atoms with Crippen LogP contribution in [0.25, 0.3) is 0 Å². The molecule has 0 spiro atoms. The summed E-state index contributed by atoms with van der Waals surface area (Å²) >= 11 is 1.32. The highest BCUT2D eigenvalue weighted by Gasteiger charge is 2.21. The van der Waals surface area contributed by atoms with Crippen LogP contribution in [-0.2, 0) is 5.75 Å². The second kappa shape index (κ2) is 3.53. The van der Waals surface area contributed by atoms with Crippen LogP contribution in [0, 0.1) is 0 Å². The zero-order chi connectivity index (χ0) is 10.1. The van der Waals surface area contributed by atoms with E-state index >= 15 is 0 Å². The van der Waals surface area contributed by atoms with Crippen LogP contribution in [0.4, 0.5) is 10.5 Å². The van der Waals surface area contributed by atoms with Crippen LogP contribution in [0.3, 0.4) is 0 Å². The van der Waals surface area contributed by atoms with Gasteiger partial charge < -0.3 is 9.64 Å². The minimum Gasteiger partial charge on any atom is -0.497 e. The van der Waals surface area contributed by atoms with Gasteiger partial charge in [0.1, 0.15) is 5.75 Å². The van der Waals surface area contributed by atoms with Crippen molar-refractivity contribution >= 4 is 22.7 Å². The molecule has 4 heteroatoms. The van der Waals surface area contributed by atoms with E-state index in [0.717, 1.165) is 22.8 Å². The Kier molecular flexibility index (Phi) is 2.37. The molecule has 1 aliphatic heterocycles. The molecule has 0 fully saturated rings. The Balaban J connectivity index is 2.43. The van der Waals surface area contributed by atoms with Gasteiger partial charge in [0.25, 0.3) is 5.24 Å². The normalized spacial score (nSPS) is 15.3. The van der Waals surface area contributed by atoms with Gasteiger partial charge >= 0.3 is 0 Å². The lowest BCUT2D eigenvalue weighted by Gasteiger charge is -2.25. The lowest BCUT2D eigenvalue weighted by atomic mass is 10.2. The van der Waals surface area contributed by atoms with Gasteiger partial charge in [-0.25, -0.2) is 0 Å². The minimum atomic E-state index is 0.0997. The molecule has 0 aromatic heterocycles. The number of benzene rings is 1. The number of amides is 1. The highest BCUT2D eigenvalue weighted by Crippen LogP contribution is 2.34. The maximum absolute atomic E-state index is 11.4. The first kappa shape index (κ1) is 9.40. The number of anilines is 1. The smallest absolute Gasteiger partial charge is 0.286 e. The summed E-state index contributed by atoms with van der Waals surface area (Å²) in [5.74, 6) is 1.57. The predicted octanol–water partition coefficient (Wildman–Crippen LogP) is 2.50. The Morgan fingerprint density at radius 1 is 1.50 bits per heavy atom. The van der Waals surface area contributed by atoms with Crippen molar-refractivity contribution in [3.63, 3.8) is 0 Å². The second-order valence-electron chi connectivity index (χ2n) is 3.11. The monoisotopic (exact) mass is 209 g/mol. The van der Waals surface area contributed by atoms with E-state index in [4.69, 9.17) is 4.74 Å². The molecule has 3 nitrogen and oxygen atoms in total.